The first-order chi connectivity index (χ1) is 8.77. The Kier molecular flexibility index (Phi) is 2.91. The Labute approximate surface area is 118 Å². The predicted molar refractivity (Wildman–Crippen MR) is 79.1 cm³/mol. The van der Waals surface area contributed by atoms with Crippen LogP contribution in [-0.2, 0) is 4.74 Å². The molecule has 3 heteroatoms. The van der Waals surface area contributed by atoms with Gasteiger partial charge in [-0.1, -0.05) is 48.5 Å². The topological polar surface area (TPSA) is 26.3 Å². The normalized spacial score (nSPS) is 16.2. The van der Waals surface area contributed by atoms with Gasteiger partial charge in [-0.2, -0.15) is 0 Å². The Balaban J connectivity index is 2.17. The number of rotatable bonds is 1. The maximum absolute atomic E-state index is 11.8. The Hall–Kier alpha value is -1.62. The summed E-state index contributed by atoms with van der Waals surface area (Å²) in [6, 6.07) is 17.4. The molecule has 0 bridgehead atoms. The highest BCUT2D eigenvalue weighted by Gasteiger charge is 2.28. The van der Waals surface area contributed by atoms with Crippen molar-refractivity contribution >= 4 is 37.9 Å². The second kappa shape index (κ2) is 4.57. The van der Waals surface area contributed by atoms with Crippen LogP contribution in [0.1, 0.15) is 21.5 Å². The SMILES string of the molecule is O=C1O/C(=C(\I)c2ccccc2)c2ccccc21. The zero-order valence-electron chi connectivity index (χ0n) is 9.39. The van der Waals surface area contributed by atoms with Crippen LogP contribution in [0.4, 0.5) is 0 Å². The third-order valence-corrected chi connectivity index (χ3v) is 3.93. The molecule has 18 heavy (non-hydrogen) atoms. The molecule has 0 atom stereocenters. The summed E-state index contributed by atoms with van der Waals surface area (Å²) in [6.07, 6.45) is 0. The van der Waals surface area contributed by atoms with E-state index in [4.69, 9.17) is 4.74 Å². The first kappa shape index (κ1) is 11.5. The Bertz CT molecular complexity index is 645. The maximum Gasteiger partial charge on any atom is 0.344 e. The van der Waals surface area contributed by atoms with Crippen LogP contribution in [0.25, 0.3) is 9.34 Å². The molecular formula is C15H9IO2. The number of carbonyl (C=O) groups is 1. The van der Waals surface area contributed by atoms with E-state index < -0.39 is 0 Å². The van der Waals surface area contributed by atoms with Crippen LogP contribution in [0.5, 0.6) is 0 Å². The quantitative estimate of drug-likeness (QED) is 0.573. The van der Waals surface area contributed by atoms with Crippen LogP contribution in [0.3, 0.4) is 0 Å². The molecule has 0 fully saturated rings. The number of halogens is 1. The van der Waals surface area contributed by atoms with Gasteiger partial charge in [0.2, 0.25) is 0 Å². The molecule has 2 nitrogen and oxygen atoms in total. The van der Waals surface area contributed by atoms with Crippen molar-refractivity contribution in [1.82, 2.24) is 0 Å². The molecule has 0 amide bonds. The molecule has 0 aliphatic carbocycles. The van der Waals surface area contributed by atoms with Crippen molar-refractivity contribution in [3.8, 4) is 0 Å². The van der Waals surface area contributed by atoms with Crippen LogP contribution < -0.4 is 0 Å². The number of hydrogen-bond donors (Lipinski definition) is 0. The number of cyclic esters (lactones) is 1. The summed E-state index contributed by atoms with van der Waals surface area (Å²) in [6.45, 7) is 0. The number of ether oxygens (including phenoxy) is 1. The zero-order chi connectivity index (χ0) is 12.5. The fraction of sp³-hybridized carbons (Fsp3) is 0. The van der Waals surface area contributed by atoms with Gasteiger partial charge in [0.05, 0.1) is 9.14 Å². The Morgan fingerprint density at radius 1 is 0.889 bits per heavy atom. The molecule has 0 unspecified atom stereocenters. The van der Waals surface area contributed by atoms with Crippen molar-refractivity contribution < 1.29 is 9.53 Å². The minimum atomic E-state index is -0.273. The van der Waals surface area contributed by atoms with Gasteiger partial charge >= 0.3 is 5.97 Å². The average Bonchev–Trinajstić information content (AvgIpc) is 2.77. The minimum Gasteiger partial charge on any atom is -0.421 e. The molecule has 2 aromatic rings. The largest absolute Gasteiger partial charge is 0.421 e. The first-order valence-electron chi connectivity index (χ1n) is 5.54. The lowest BCUT2D eigenvalue weighted by atomic mass is 10.1. The van der Waals surface area contributed by atoms with Crippen molar-refractivity contribution in [2.45, 2.75) is 0 Å². The van der Waals surface area contributed by atoms with Gasteiger partial charge in [-0.05, 0) is 34.2 Å². The number of fused-ring (bicyclic) bond motifs is 1. The standard InChI is InChI=1S/C15H9IO2/c16-13(10-6-2-1-3-7-10)14-11-8-4-5-9-12(11)15(17)18-14/h1-9H/b14-13-. The van der Waals surface area contributed by atoms with E-state index in [1.165, 1.54) is 0 Å². The van der Waals surface area contributed by atoms with E-state index in [2.05, 4.69) is 22.6 Å². The fourth-order valence-electron chi connectivity index (χ4n) is 1.94. The Morgan fingerprint density at radius 3 is 2.22 bits per heavy atom. The van der Waals surface area contributed by atoms with Gasteiger partial charge in [-0.25, -0.2) is 4.79 Å². The zero-order valence-corrected chi connectivity index (χ0v) is 11.5. The average molecular weight is 348 g/mol. The minimum absolute atomic E-state index is 0.273. The van der Waals surface area contributed by atoms with Crippen LogP contribution in [-0.4, -0.2) is 5.97 Å². The highest BCUT2D eigenvalue weighted by atomic mass is 127. The third-order valence-electron chi connectivity index (χ3n) is 2.81. The highest BCUT2D eigenvalue weighted by Crippen LogP contribution is 2.38. The second-order valence-corrected chi connectivity index (χ2v) is 5.02. The molecule has 0 saturated carbocycles. The number of benzene rings is 2. The Morgan fingerprint density at radius 2 is 1.50 bits per heavy atom. The summed E-state index contributed by atoms with van der Waals surface area (Å²) in [7, 11) is 0. The summed E-state index contributed by atoms with van der Waals surface area (Å²) in [5.74, 6) is 0.382. The lowest BCUT2D eigenvalue weighted by molar-refractivity contribution is 0.0717. The van der Waals surface area contributed by atoms with Crippen molar-refractivity contribution in [2.75, 3.05) is 0 Å². The summed E-state index contributed by atoms with van der Waals surface area (Å²) < 4.78 is 6.33. The molecule has 1 aliphatic heterocycles. The summed E-state index contributed by atoms with van der Waals surface area (Å²) in [4.78, 5) is 11.8. The monoisotopic (exact) mass is 348 g/mol. The van der Waals surface area contributed by atoms with Crippen LogP contribution in [0.2, 0.25) is 0 Å². The van der Waals surface area contributed by atoms with E-state index in [0.717, 1.165) is 14.7 Å². The number of carbonyl (C=O) groups excluding carboxylic acids is 1. The maximum atomic E-state index is 11.8. The van der Waals surface area contributed by atoms with Crippen molar-refractivity contribution in [3.63, 3.8) is 0 Å². The lowest BCUT2D eigenvalue weighted by Crippen LogP contribution is -1.92. The molecule has 2 aromatic carbocycles. The van der Waals surface area contributed by atoms with E-state index in [1.54, 1.807) is 6.07 Å². The van der Waals surface area contributed by atoms with E-state index in [0.29, 0.717) is 11.3 Å². The second-order valence-electron chi connectivity index (χ2n) is 3.94. The lowest BCUT2D eigenvalue weighted by Gasteiger charge is -2.04. The molecule has 0 N–H and O–H groups in total. The highest BCUT2D eigenvalue weighted by molar-refractivity contribution is 14.1. The molecule has 0 aromatic heterocycles. The molecular weight excluding hydrogens is 339 g/mol. The smallest absolute Gasteiger partial charge is 0.344 e. The number of esters is 1. The summed E-state index contributed by atoms with van der Waals surface area (Å²) in [5, 5.41) is 0. The third kappa shape index (κ3) is 1.84. The van der Waals surface area contributed by atoms with Gasteiger partial charge in [0, 0.05) is 5.56 Å². The number of hydrogen-bond acceptors (Lipinski definition) is 2. The fourth-order valence-corrected chi connectivity index (χ4v) is 2.70. The van der Waals surface area contributed by atoms with Crippen LogP contribution in [0, 0.1) is 0 Å². The van der Waals surface area contributed by atoms with Gasteiger partial charge in [-0.15, -0.1) is 0 Å². The molecule has 0 radical (unpaired) electrons. The van der Waals surface area contributed by atoms with E-state index in [-0.39, 0.29) is 5.97 Å². The first-order valence-corrected chi connectivity index (χ1v) is 6.62. The van der Waals surface area contributed by atoms with Crippen molar-refractivity contribution in [1.29, 1.82) is 0 Å². The van der Waals surface area contributed by atoms with Crippen molar-refractivity contribution in [3.05, 3.63) is 71.3 Å². The molecule has 3 rings (SSSR count). The summed E-state index contributed by atoms with van der Waals surface area (Å²) >= 11 is 2.22. The van der Waals surface area contributed by atoms with Gasteiger partial charge in [0.15, 0.2) is 5.76 Å². The van der Waals surface area contributed by atoms with Gasteiger partial charge in [0.1, 0.15) is 0 Å². The van der Waals surface area contributed by atoms with Gasteiger partial charge in [-0.3, -0.25) is 0 Å². The molecule has 1 heterocycles. The van der Waals surface area contributed by atoms with Crippen LogP contribution in [0.15, 0.2) is 54.6 Å². The summed E-state index contributed by atoms with van der Waals surface area (Å²) in [5.41, 5.74) is 2.56. The van der Waals surface area contributed by atoms with Gasteiger partial charge in [0.25, 0.3) is 0 Å². The molecule has 1 aliphatic rings. The van der Waals surface area contributed by atoms with E-state index in [1.807, 2.05) is 48.5 Å². The molecule has 88 valence electrons. The molecule has 0 saturated heterocycles. The predicted octanol–water partition coefficient (Wildman–Crippen LogP) is 4.12. The van der Waals surface area contributed by atoms with E-state index in [9.17, 15) is 4.79 Å². The van der Waals surface area contributed by atoms with Gasteiger partial charge < -0.3 is 4.74 Å². The van der Waals surface area contributed by atoms with Crippen molar-refractivity contribution in [2.24, 2.45) is 0 Å². The molecule has 0 spiro atoms. The van der Waals surface area contributed by atoms with Crippen LogP contribution >= 0.6 is 22.6 Å². The van der Waals surface area contributed by atoms with E-state index >= 15 is 0 Å².